The number of rotatable bonds is 1. The summed E-state index contributed by atoms with van der Waals surface area (Å²) in [6.45, 7) is 8.72. The predicted octanol–water partition coefficient (Wildman–Crippen LogP) is 3.19. The van der Waals surface area contributed by atoms with Gasteiger partial charge in [0.1, 0.15) is 5.60 Å². The summed E-state index contributed by atoms with van der Waals surface area (Å²) >= 11 is 0. The highest BCUT2D eigenvalue weighted by Crippen LogP contribution is 2.21. The van der Waals surface area contributed by atoms with E-state index in [0.29, 0.717) is 6.04 Å². The molecule has 0 aromatic rings. The van der Waals surface area contributed by atoms with E-state index >= 15 is 0 Å². The normalized spacial score (nSPS) is 22.7. The van der Waals surface area contributed by atoms with Gasteiger partial charge in [-0.2, -0.15) is 0 Å². The van der Waals surface area contributed by atoms with Gasteiger partial charge in [0.05, 0.1) is 0 Å². The van der Waals surface area contributed by atoms with Crippen molar-refractivity contribution >= 4 is 6.09 Å². The lowest BCUT2D eigenvalue weighted by atomic mass is 10.0. The van der Waals surface area contributed by atoms with Crippen molar-refractivity contribution in [3.05, 3.63) is 0 Å². The average molecular weight is 213 g/mol. The molecule has 1 rings (SSSR count). The van der Waals surface area contributed by atoms with E-state index in [-0.39, 0.29) is 11.7 Å². The molecule has 3 nitrogen and oxygen atoms in total. The fourth-order valence-electron chi connectivity index (χ4n) is 1.99. The Morgan fingerprint density at radius 3 is 2.60 bits per heavy atom. The molecule has 0 saturated carbocycles. The maximum Gasteiger partial charge on any atom is 0.410 e. The Morgan fingerprint density at radius 2 is 2.07 bits per heavy atom. The van der Waals surface area contributed by atoms with Crippen LogP contribution in [0.25, 0.3) is 0 Å². The second kappa shape index (κ2) is 4.86. The first-order valence-electron chi connectivity index (χ1n) is 5.93. The predicted molar refractivity (Wildman–Crippen MR) is 60.9 cm³/mol. The van der Waals surface area contributed by atoms with Crippen LogP contribution in [-0.4, -0.2) is 29.2 Å². The molecule has 0 N–H and O–H groups in total. The van der Waals surface area contributed by atoms with Crippen LogP contribution in [0.2, 0.25) is 0 Å². The summed E-state index contributed by atoms with van der Waals surface area (Å²) in [4.78, 5) is 13.8. The average Bonchev–Trinajstić information content (AvgIpc) is 2.15. The van der Waals surface area contributed by atoms with Crippen LogP contribution >= 0.6 is 0 Å². The van der Waals surface area contributed by atoms with E-state index in [1.54, 1.807) is 0 Å². The van der Waals surface area contributed by atoms with Gasteiger partial charge in [-0.05, 0) is 46.5 Å². The number of carbonyl (C=O) groups is 1. The van der Waals surface area contributed by atoms with Gasteiger partial charge in [-0.25, -0.2) is 4.79 Å². The summed E-state index contributed by atoms with van der Waals surface area (Å²) in [5.74, 6) is 0. The van der Waals surface area contributed by atoms with Crippen molar-refractivity contribution in [1.29, 1.82) is 0 Å². The molecule has 0 aromatic heterocycles. The molecule has 1 heterocycles. The van der Waals surface area contributed by atoms with Crippen molar-refractivity contribution in [3.8, 4) is 0 Å². The molecule has 88 valence electrons. The van der Waals surface area contributed by atoms with Crippen molar-refractivity contribution in [2.45, 2.75) is 65.0 Å². The maximum atomic E-state index is 11.9. The number of ether oxygens (including phenoxy) is 1. The first kappa shape index (κ1) is 12.3. The van der Waals surface area contributed by atoms with Gasteiger partial charge < -0.3 is 9.64 Å². The van der Waals surface area contributed by atoms with Gasteiger partial charge in [0.15, 0.2) is 0 Å². The Labute approximate surface area is 92.8 Å². The zero-order valence-electron chi connectivity index (χ0n) is 10.4. The van der Waals surface area contributed by atoms with Gasteiger partial charge >= 0.3 is 6.09 Å². The molecule has 0 aliphatic carbocycles. The molecule has 0 bridgehead atoms. The maximum absolute atomic E-state index is 11.9. The highest BCUT2D eigenvalue weighted by molar-refractivity contribution is 5.68. The molecule has 1 saturated heterocycles. The zero-order valence-corrected chi connectivity index (χ0v) is 10.4. The number of likely N-dealkylation sites (tertiary alicyclic amines) is 1. The van der Waals surface area contributed by atoms with E-state index in [4.69, 9.17) is 4.74 Å². The summed E-state index contributed by atoms with van der Waals surface area (Å²) in [7, 11) is 0. The van der Waals surface area contributed by atoms with Gasteiger partial charge in [0, 0.05) is 12.6 Å². The number of carbonyl (C=O) groups excluding carboxylic acids is 1. The smallest absolute Gasteiger partial charge is 0.410 e. The van der Waals surface area contributed by atoms with Crippen LogP contribution in [0.1, 0.15) is 53.4 Å². The highest BCUT2D eigenvalue weighted by atomic mass is 16.6. The van der Waals surface area contributed by atoms with Crippen LogP contribution in [0, 0.1) is 0 Å². The summed E-state index contributed by atoms with van der Waals surface area (Å²) in [5.41, 5.74) is -0.382. The Hall–Kier alpha value is -0.730. The molecule has 1 atom stereocenters. The lowest BCUT2D eigenvalue weighted by Crippen LogP contribution is -2.45. The van der Waals surface area contributed by atoms with E-state index in [2.05, 4.69) is 6.92 Å². The fraction of sp³-hybridized carbons (Fsp3) is 0.917. The van der Waals surface area contributed by atoms with Crippen molar-refractivity contribution in [2.24, 2.45) is 0 Å². The summed E-state index contributed by atoms with van der Waals surface area (Å²) in [6, 6.07) is 0.383. The Bertz CT molecular complexity index is 220. The van der Waals surface area contributed by atoms with Crippen molar-refractivity contribution < 1.29 is 9.53 Å². The second-order valence-electron chi connectivity index (χ2n) is 5.23. The summed E-state index contributed by atoms with van der Waals surface area (Å²) in [5, 5.41) is 0. The number of piperidine rings is 1. The largest absolute Gasteiger partial charge is 0.444 e. The zero-order chi connectivity index (χ0) is 11.5. The third kappa shape index (κ3) is 3.73. The monoisotopic (exact) mass is 213 g/mol. The molecular weight excluding hydrogens is 190 g/mol. The molecule has 1 amide bonds. The number of hydrogen-bond donors (Lipinski definition) is 0. The van der Waals surface area contributed by atoms with Crippen molar-refractivity contribution in [2.75, 3.05) is 6.54 Å². The van der Waals surface area contributed by atoms with Gasteiger partial charge in [-0.15, -0.1) is 0 Å². The lowest BCUT2D eigenvalue weighted by molar-refractivity contribution is 0.00944. The summed E-state index contributed by atoms with van der Waals surface area (Å²) in [6.07, 6.45) is 4.34. The number of hydrogen-bond acceptors (Lipinski definition) is 2. The lowest BCUT2D eigenvalue weighted by Gasteiger charge is -2.36. The van der Waals surface area contributed by atoms with E-state index < -0.39 is 0 Å². The standard InChI is InChI=1S/C12H23NO2/c1-5-10-8-6-7-9-13(10)11(14)15-12(2,3)4/h10H,5-9H2,1-4H3/t10-/m1/s1. The molecule has 0 aromatic carbocycles. The van der Waals surface area contributed by atoms with E-state index in [1.807, 2.05) is 25.7 Å². The van der Waals surface area contributed by atoms with Gasteiger partial charge in [-0.1, -0.05) is 6.92 Å². The van der Waals surface area contributed by atoms with Gasteiger partial charge in [0.2, 0.25) is 0 Å². The molecule has 3 heteroatoms. The Kier molecular flexibility index (Phi) is 4.00. The molecular formula is C12H23NO2. The topological polar surface area (TPSA) is 29.5 Å². The third-order valence-corrected chi connectivity index (χ3v) is 2.73. The Balaban J connectivity index is 2.56. The van der Waals surface area contributed by atoms with Crippen LogP contribution in [0.5, 0.6) is 0 Å². The third-order valence-electron chi connectivity index (χ3n) is 2.73. The molecule has 0 spiro atoms. The van der Waals surface area contributed by atoms with Crippen LogP contribution in [0.4, 0.5) is 4.79 Å². The van der Waals surface area contributed by atoms with Crippen molar-refractivity contribution in [1.82, 2.24) is 4.90 Å². The molecule has 1 aliphatic heterocycles. The summed E-state index contributed by atoms with van der Waals surface area (Å²) < 4.78 is 5.40. The van der Waals surface area contributed by atoms with Crippen LogP contribution in [0.3, 0.4) is 0 Å². The van der Waals surface area contributed by atoms with E-state index in [9.17, 15) is 4.79 Å². The number of nitrogens with zero attached hydrogens (tertiary/aromatic N) is 1. The van der Waals surface area contributed by atoms with Gasteiger partial charge in [-0.3, -0.25) is 0 Å². The minimum atomic E-state index is -0.382. The molecule has 15 heavy (non-hydrogen) atoms. The SMILES string of the molecule is CC[C@@H]1CCCCN1C(=O)OC(C)(C)C. The second-order valence-corrected chi connectivity index (χ2v) is 5.23. The molecule has 1 fully saturated rings. The molecule has 0 radical (unpaired) electrons. The first-order valence-corrected chi connectivity index (χ1v) is 5.93. The van der Waals surface area contributed by atoms with Crippen LogP contribution in [0.15, 0.2) is 0 Å². The van der Waals surface area contributed by atoms with Crippen LogP contribution in [-0.2, 0) is 4.74 Å². The minimum absolute atomic E-state index is 0.144. The van der Waals surface area contributed by atoms with Crippen molar-refractivity contribution in [3.63, 3.8) is 0 Å². The highest BCUT2D eigenvalue weighted by Gasteiger charge is 2.29. The fourth-order valence-corrected chi connectivity index (χ4v) is 1.99. The molecule has 1 aliphatic rings. The van der Waals surface area contributed by atoms with Gasteiger partial charge in [0.25, 0.3) is 0 Å². The molecule has 0 unspecified atom stereocenters. The quantitative estimate of drug-likeness (QED) is 0.669. The Morgan fingerprint density at radius 1 is 1.40 bits per heavy atom. The first-order chi connectivity index (χ1) is 6.94. The minimum Gasteiger partial charge on any atom is -0.444 e. The van der Waals surface area contributed by atoms with E-state index in [1.165, 1.54) is 6.42 Å². The van der Waals surface area contributed by atoms with Crippen LogP contribution < -0.4 is 0 Å². The van der Waals surface area contributed by atoms with E-state index in [0.717, 1.165) is 25.8 Å². The number of amides is 1.